The highest BCUT2D eigenvalue weighted by Gasteiger charge is 2.12. The van der Waals surface area contributed by atoms with E-state index in [0.29, 0.717) is 0 Å². The Morgan fingerprint density at radius 2 is 1.65 bits per heavy atom. The minimum Gasteiger partial charge on any atom is -0.356 e. The van der Waals surface area contributed by atoms with Gasteiger partial charge < -0.3 is 4.52 Å². The number of nitrogens with zero attached hydrogens (tertiary/aromatic N) is 1. The van der Waals surface area contributed by atoms with Gasteiger partial charge >= 0.3 is 0 Å². The average Bonchev–Trinajstić information content (AvgIpc) is 2.97. The zero-order chi connectivity index (χ0) is 13.9. The van der Waals surface area contributed by atoms with E-state index in [9.17, 15) is 4.21 Å². The molecule has 3 rings (SSSR count). The van der Waals surface area contributed by atoms with Gasteiger partial charge in [-0.1, -0.05) is 47.6 Å². The molecule has 0 aliphatic heterocycles. The molecule has 1 atom stereocenters. The van der Waals surface area contributed by atoms with Crippen molar-refractivity contribution < 1.29 is 8.73 Å². The maximum atomic E-state index is 11.4. The van der Waals surface area contributed by atoms with E-state index >= 15 is 0 Å². The van der Waals surface area contributed by atoms with Crippen LogP contribution in [0.25, 0.3) is 22.5 Å². The van der Waals surface area contributed by atoms with Gasteiger partial charge in [-0.15, -0.1) is 0 Å². The molecule has 2 aromatic carbocycles. The van der Waals surface area contributed by atoms with Gasteiger partial charge in [-0.2, -0.15) is 0 Å². The van der Waals surface area contributed by atoms with Gasteiger partial charge in [-0.05, 0) is 17.7 Å². The Morgan fingerprint density at radius 3 is 2.30 bits per heavy atom. The predicted octanol–water partition coefficient (Wildman–Crippen LogP) is 3.75. The Morgan fingerprint density at radius 1 is 0.950 bits per heavy atom. The fraction of sp³-hybridized carbons (Fsp3) is 0.0625. The highest BCUT2D eigenvalue weighted by Crippen LogP contribution is 2.32. The molecule has 0 saturated heterocycles. The number of rotatable bonds is 3. The third-order valence-corrected chi connectivity index (χ3v) is 4.04. The van der Waals surface area contributed by atoms with E-state index in [2.05, 4.69) is 5.16 Å². The van der Waals surface area contributed by atoms with Crippen LogP contribution in [0.5, 0.6) is 0 Å². The summed E-state index contributed by atoms with van der Waals surface area (Å²) in [5, 5.41) is 3.90. The highest BCUT2D eigenvalue weighted by molar-refractivity contribution is 7.84. The van der Waals surface area contributed by atoms with Crippen LogP contribution in [0.2, 0.25) is 0 Å². The molecule has 4 heteroatoms. The van der Waals surface area contributed by atoms with Crippen LogP contribution in [-0.4, -0.2) is 15.6 Å². The third kappa shape index (κ3) is 2.42. The van der Waals surface area contributed by atoms with Crippen molar-refractivity contribution in [3.63, 3.8) is 0 Å². The Bertz CT molecular complexity index is 733. The number of hydrogen-bond acceptors (Lipinski definition) is 3. The summed E-state index contributed by atoms with van der Waals surface area (Å²) in [6, 6.07) is 17.5. The Kier molecular flexibility index (Phi) is 3.48. The zero-order valence-corrected chi connectivity index (χ0v) is 11.8. The molecule has 0 N–H and O–H groups in total. The van der Waals surface area contributed by atoms with Crippen LogP contribution >= 0.6 is 0 Å². The normalized spacial score (nSPS) is 12.2. The molecule has 20 heavy (non-hydrogen) atoms. The van der Waals surface area contributed by atoms with Gasteiger partial charge in [0.2, 0.25) is 0 Å². The van der Waals surface area contributed by atoms with Crippen molar-refractivity contribution >= 4 is 10.8 Å². The van der Waals surface area contributed by atoms with Crippen molar-refractivity contribution in [2.75, 3.05) is 6.26 Å². The Labute approximate surface area is 119 Å². The topological polar surface area (TPSA) is 43.1 Å². The van der Waals surface area contributed by atoms with Crippen LogP contribution in [0, 0.1) is 0 Å². The van der Waals surface area contributed by atoms with Crippen molar-refractivity contribution in [1.82, 2.24) is 5.16 Å². The first-order valence-corrected chi connectivity index (χ1v) is 7.75. The second kappa shape index (κ2) is 5.43. The molecule has 0 amide bonds. The summed E-state index contributed by atoms with van der Waals surface area (Å²) in [6.07, 6.45) is 3.38. The molecule has 3 nitrogen and oxygen atoms in total. The lowest BCUT2D eigenvalue weighted by molar-refractivity contribution is 0.432. The van der Waals surface area contributed by atoms with Crippen molar-refractivity contribution in [2.45, 2.75) is 4.90 Å². The third-order valence-electron chi connectivity index (χ3n) is 3.10. The van der Waals surface area contributed by atoms with Crippen LogP contribution in [0.3, 0.4) is 0 Å². The summed E-state index contributed by atoms with van der Waals surface area (Å²) in [5.74, 6) is 0.746. The molecule has 1 heterocycles. The maximum Gasteiger partial charge on any atom is 0.174 e. The molecule has 3 aromatic rings. The molecule has 0 radical (unpaired) electrons. The maximum absolute atomic E-state index is 11.4. The van der Waals surface area contributed by atoms with E-state index in [1.807, 2.05) is 54.6 Å². The lowest BCUT2D eigenvalue weighted by Gasteiger charge is -2.03. The van der Waals surface area contributed by atoms with E-state index < -0.39 is 10.8 Å². The summed E-state index contributed by atoms with van der Waals surface area (Å²) in [6.45, 7) is 0. The molecule has 0 aliphatic carbocycles. The van der Waals surface area contributed by atoms with Gasteiger partial charge in [0.05, 0.1) is 6.20 Å². The fourth-order valence-electron chi connectivity index (χ4n) is 2.07. The average molecular weight is 283 g/mol. The highest BCUT2D eigenvalue weighted by atomic mass is 32.2. The minimum atomic E-state index is -0.964. The monoisotopic (exact) mass is 283 g/mol. The summed E-state index contributed by atoms with van der Waals surface area (Å²) in [4.78, 5) is 0.812. The second-order valence-corrected chi connectivity index (χ2v) is 5.79. The van der Waals surface area contributed by atoms with E-state index in [4.69, 9.17) is 4.52 Å². The summed E-state index contributed by atoms with van der Waals surface area (Å²) in [7, 11) is -0.964. The molecule has 0 aliphatic rings. The lowest BCUT2D eigenvalue weighted by atomic mass is 10.0. The van der Waals surface area contributed by atoms with Gasteiger partial charge in [0.25, 0.3) is 0 Å². The van der Waals surface area contributed by atoms with Crippen molar-refractivity contribution in [2.24, 2.45) is 0 Å². The number of hydrogen-bond donors (Lipinski definition) is 0. The van der Waals surface area contributed by atoms with Crippen molar-refractivity contribution in [3.05, 3.63) is 60.8 Å². The standard InChI is InChI=1S/C16H13NO2S/c1-20(18)14-9-7-12(8-10-14)15-11-17-19-16(15)13-5-3-2-4-6-13/h2-11H,1H3. The van der Waals surface area contributed by atoms with Gasteiger partial charge in [-0.25, -0.2) is 0 Å². The molecule has 0 fully saturated rings. The summed E-state index contributed by atoms with van der Waals surface area (Å²) >= 11 is 0. The zero-order valence-electron chi connectivity index (χ0n) is 10.9. The summed E-state index contributed by atoms with van der Waals surface area (Å²) in [5.41, 5.74) is 2.92. The predicted molar refractivity (Wildman–Crippen MR) is 79.7 cm³/mol. The van der Waals surface area contributed by atoms with Crippen LogP contribution in [0.4, 0.5) is 0 Å². The van der Waals surface area contributed by atoms with Crippen molar-refractivity contribution in [3.8, 4) is 22.5 Å². The first kappa shape index (κ1) is 12.8. The molecule has 0 bridgehead atoms. The first-order valence-electron chi connectivity index (χ1n) is 6.19. The van der Waals surface area contributed by atoms with E-state index in [1.165, 1.54) is 0 Å². The van der Waals surface area contributed by atoms with Crippen LogP contribution in [-0.2, 0) is 10.8 Å². The van der Waals surface area contributed by atoms with Gasteiger partial charge in [-0.3, -0.25) is 4.21 Å². The van der Waals surface area contributed by atoms with Gasteiger partial charge in [0, 0.05) is 33.1 Å². The largest absolute Gasteiger partial charge is 0.356 e. The molecular formula is C16H13NO2S. The quantitative estimate of drug-likeness (QED) is 0.735. The Hall–Kier alpha value is -2.20. The molecular weight excluding hydrogens is 270 g/mol. The Balaban J connectivity index is 2.04. The minimum absolute atomic E-state index is 0.746. The van der Waals surface area contributed by atoms with Crippen LogP contribution in [0.1, 0.15) is 0 Å². The molecule has 1 unspecified atom stereocenters. The second-order valence-electron chi connectivity index (χ2n) is 4.41. The SMILES string of the molecule is CS(=O)c1ccc(-c2cnoc2-c2ccccc2)cc1. The van der Waals surface area contributed by atoms with Gasteiger partial charge in [0.1, 0.15) is 0 Å². The lowest BCUT2D eigenvalue weighted by Crippen LogP contribution is -1.87. The smallest absolute Gasteiger partial charge is 0.174 e. The van der Waals surface area contributed by atoms with E-state index in [0.717, 1.165) is 27.3 Å². The van der Waals surface area contributed by atoms with Crippen molar-refractivity contribution in [1.29, 1.82) is 0 Å². The molecule has 100 valence electrons. The van der Waals surface area contributed by atoms with Crippen LogP contribution < -0.4 is 0 Å². The number of aromatic nitrogens is 1. The van der Waals surface area contributed by atoms with Crippen LogP contribution in [0.15, 0.2) is 70.2 Å². The molecule has 1 aromatic heterocycles. The first-order chi connectivity index (χ1) is 9.75. The number of benzene rings is 2. The fourth-order valence-corrected chi connectivity index (χ4v) is 2.59. The molecule has 0 spiro atoms. The van der Waals surface area contributed by atoms with E-state index in [1.54, 1.807) is 12.5 Å². The summed E-state index contributed by atoms with van der Waals surface area (Å²) < 4.78 is 16.8. The molecule has 0 saturated carbocycles. The van der Waals surface area contributed by atoms with E-state index in [-0.39, 0.29) is 0 Å². The van der Waals surface area contributed by atoms with Gasteiger partial charge in [0.15, 0.2) is 5.76 Å².